The second-order valence-electron chi connectivity index (χ2n) is 5.53. The third-order valence-corrected chi connectivity index (χ3v) is 4.02. The molecule has 21 heavy (non-hydrogen) atoms. The van der Waals surface area contributed by atoms with Gasteiger partial charge in [-0.05, 0) is 37.8 Å². The summed E-state index contributed by atoms with van der Waals surface area (Å²) in [5, 5.41) is 23.0. The van der Waals surface area contributed by atoms with Crippen molar-refractivity contribution in [2.24, 2.45) is 5.92 Å². The minimum absolute atomic E-state index is 0.100. The number of aliphatic carboxylic acids is 1. The van der Waals surface area contributed by atoms with Crippen LogP contribution in [0.4, 0.5) is 5.69 Å². The molecule has 1 fully saturated rings. The summed E-state index contributed by atoms with van der Waals surface area (Å²) in [6.07, 6.45) is 4.22. The van der Waals surface area contributed by atoms with Crippen LogP contribution in [0.25, 0.3) is 0 Å². The predicted octanol–water partition coefficient (Wildman–Crippen LogP) is 2.37. The van der Waals surface area contributed by atoms with Gasteiger partial charge < -0.3 is 10.4 Å². The average molecular weight is 292 g/mol. The lowest BCUT2D eigenvalue weighted by Crippen LogP contribution is -2.37. The van der Waals surface area contributed by atoms with Gasteiger partial charge in [0.1, 0.15) is 0 Å². The van der Waals surface area contributed by atoms with Crippen LogP contribution in [0.15, 0.2) is 24.3 Å². The number of rotatable bonds is 6. The fourth-order valence-corrected chi connectivity index (χ4v) is 2.80. The van der Waals surface area contributed by atoms with Crippen molar-refractivity contribution >= 4 is 11.7 Å². The van der Waals surface area contributed by atoms with Gasteiger partial charge in [0, 0.05) is 18.2 Å². The Labute approximate surface area is 123 Å². The molecule has 6 nitrogen and oxygen atoms in total. The second-order valence-corrected chi connectivity index (χ2v) is 5.53. The van der Waals surface area contributed by atoms with E-state index < -0.39 is 10.9 Å². The summed E-state index contributed by atoms with van der Waals surface area (Å²) >= 11 is 0. The number of hydrogen-bond donors (Lipinski definition) is 2. The van der Waals surface area contributed by atoms with Crippen LogP contribution in [0.2, 0.25) is 0 Å². The van der Waals surface area contributed by atoms with E-state index >= 15 is 0 Å². The van der Waals surface area contributed by atoms with Crippen LogP contribution in [0.3, 0.4) is 0 Å². The monoisotopic (exact) mass is 292 g/mol. The molecule has 0 aliphatic heterocycles. The minimum Gasteiger partial charge on any atom is -0.481 e. The first-order valence-corrected chi connectivity index (χ1v) is 7.26. The third-order valence-electron chi connectivity index (χ3n) is 4.02. The molecule has 114 valence electrons. The maximum absolute atomic E-state index is 11.0. The van der Waals surface area contributed by atoms with Crippen LogP contribution in [0.5, 0.6) is 0 Å². The van der Waals surface area contributed by atoms with Crippen molar-refractivity contribution in [2.75, 3.05) is 6.54 Å². The Kier molecular flexibility index (Phi) is 5.27. The minimum atomic E-state index is -0.697. The van der Waals surface area contributed by atoms with E-state index in [-0.39, 0.29) is 17.6 Å². The number of carboxylic acid groups (broad SMARTS) is 1. The SMILES string of the molecule is O=C(O)C1CCCC(NCCc2ccc([N+](=O)[O-])cc2)C1. The number of carboxylic acids is 1. The summed E-state index contributed by atoms with van der Waals surface area (Å²) in [4.78, 5) is 21.2. The first-order chi connectivity index (χ1) is 10.1. The average Bonchev–Trinajstić information content (AvgIpc) is 2.48. The van der Waals surface area contributed by atoms with Crippen molar-refractivity contribution in [1.29, 1.82) is 0 Å². The molecule has 1 aliphatic rings. The zero-order chi connectivity index (χ0) is 15.2. The smallest absolute Gasteiger partial charge is 0.306 e. The first kappa shape index (κ1) is 15.4. The first-order valence-electron chi connectivity index (χ1n) is 7.26. The van der Waals surface area contributed by atoms with Gasteiger partial charge in [-0.25, -0.2) is 0 Å². The molecule has 1 aromatic rings. The van der Waals surface area contributed by atoms with Crippen molar-refractivity contribution in [2.45, 2.75) is 38.1 Å². The topological polar surface area (TPSA) is 92.5 Å². The van der Waals surface area contributed by atoms with E-state index in [0.717, 1.165) is 37.8 Å². The number of non-ortho nitro benzene ring substituents is 1. The van der Waals surface area contributed by atoms with Gasteiger partial charge in [-0.1, -0.05) is 18.6 Å². The standard InChI is InChI=1S/C15H20N2O4/c18-15(19)12-2-1-3-13(10-12)16-9-8-11-4-6-14(7-5-11)17(20)21/h4-7,12-13,16H,1-3,8-10H2,(H,18,19). The fraction of sp³-hybridized carbons (Fsp3) is 0.533. The number of nitrogens with zero attached hydrogens (tertiary/aromatic N) is 1. The lowest BCUT2D eigenvalue weighted by Gasteiger charge is -2.27. The molecule has 0 saturated heterocycles. The van der Waals surface area contributed by atoms with Gasteiger partial charge in [0.15, 0.2) is 0 Å². The van der Waals surface area contributed by atoms with Crippen molar-refractivity contribution in [1.82, 2.24) is 5.32 Å². The largest absolute Gasteiger partial charge is 0.481 e. The molecule has 0 amide bonds. The van der Waals surface area contributed by atoms with Gasteiger partial charge in [-0.2, -0.15) is 0 Å². The van der Waals surface area contributed by atoms with Crippen LogP contribution in [-0.4, -0.2) is 28.6 Å². The van der Waals surface area contributed by atoms with Crippen LogP contribution < -0.4 is 5.32 Å². The Bertz CT molecular complexity index is 501. The third kappa shape index (κ3) is 4.53. The molecule has 1 aliphatic carbocycles. The van der Waals surface area contributed by atoms with Crippen LogP contribution in [0, 0.1) is 16.0 Å². The van der Waals surface area contributed by atoms with Crippen molar-refractivity contribution in [3.05, 3.63) is 39.9 Å². The molecule has 1 saturated carbocycles. The highest BCUT2D eigenvalue weighted by Crippen LogP contribution is 2.24. The summed E-state index contributed by atoms with van der Waals surface area (Å²) < 4.78 is 0. The number of carbonyl (C=O) groups is 1. The fourth-order valence-electron chi connectivity index (χ4n) is 2.80. The Morgan fingerprint density at radius 1 is 1.33 bits per heavy atom. The van der Waals surface area contributed by atoms with E-state index in [2.05, 4.69) is 5.32 Å². The van der Waals surface area contributed by atoms with Crippen LogP contribution >= 0.6 is 0 Å². The summed E-state index contributed by atoms with van der Waals surface area (Å²) in [6, 6.07) is 6.81. The van der Waals surface area contributed by atoms with Crippen LogP contribution in [-0.2, 0) is 11.2 Å². The summed E-state index contributed by atoms with van der Waals surface area (Å²) in [6.45, 7) is 0.759. The molecular formula is C15H20N2O4. The normalized spacial score (nSPS) is 21.9. The molecule has 2 unspecified atom stereocenters. The number of nitrogens with one attached hydrogen (secondary N) is 1. The van der Waals surface area contributed by atoms with E-state index in [4.69, 9.17) is 5.11 Å². The molecule has 0 heterocycles. The van der Waals surface area contributed by atoms with Gasteiger partial charge in [0.25, 0.3) is 5.69 Å². The molecule has 1 aromatic carbocycles. The number of nitro groups is 1. The van der Waals surface area contributed by atoms with E-state index in [1.165, 1.54) is 12.1 Å². The highest BCUT2D eigenvalue weighted by molar-refractivity contribution is 5.70. The zero-order valence-corrected chi connectivity index (χ0v) is 11.8. The zero-order valence-electron chi connectivity index (χ0n) is 11.8. The lowest BCUT2D eigenvalue weighted by molar-refractivity contribution is -0.384. The van der Waals surface area contributed by atoms with Gasteiger partial charge in [0.2, 0.25) is 0 Å². The van der Waals surface area contributed by atoms with Crippen LogP contribution in [0.1, 0.15) is 31.2 Å². The molecule has 2 N–H and O–H groups in total. The molecular weight excluding hydrogens is 272 g/mol. The van der Waals surface area contributed by atoms with E-state index in [1.54, 1.807) is 12.1 Å². The lowest BCUT2D eigenvalue weighted by atomic mass is 9.86. The van der Waals surface area contributed by atoms with E-state index in [1.807, 2.05) is 0 Å². The maximum Gasteiger partial charge on any atom is 0.306 e. The molecule has 0 spiro atoms. The highest BCUT2D eigenvalue weighted by Gasteiger charge is 2.26. The molecule has 0 aromatic heterocycles. The Morgan fingerprint density at radius 2 is 2.05 bits per heavy atom. The number of nitro benzene ring substituents is 1. The second kappa shape index (κ2) is 7.17. The Balaban J connectivity index is 1.76. The number of benzene rings is 1. The van der Waals surface area contributed by atoms with E-state index in [9.17, 15) is 14.9 Å². The van der Waals surface area contributed by atoms with Gasteiger partial charge in [-0.15, -0.1) is 0 Å². The molecule has 0 bridgehead atoms. The Hall–Kier alpha value is -1.95. The van der Waals surface area contributed by atoms with Crippen molar-refractivity contribution < 1.29 is 14.8 Å². The van der Waals surface area contributed by atoms with Gasteiger partial charge in [-0.3, -0.25) is 14.9 Å². The van der Waals surface area contributed by atoms with Crippen molar-refractivity contribution in [3.63, 3.8) is 0 Å². The summed E-state index contributed by atoms with van der Waals surface area (Å²) in [7, 11) is 0. The summed E-state index contributed by atoms with van der Waals surface area (Å²) in [5.41, 5.74) is 1.14. The molecule has 6 heteroatoms. The number of hydrogen-bond acceptors (Lipinski definition) is 4. The van der Waals surface area contributed by atoms with Crippen molar-refractivity contribution in [3.8, 4) is 0 Å². The van der Waals surface area contributed by atoms with Gasteiger partial charge in [0.05, 0.1) is 10.8 Å². The predicted molar refractivity (Wildman–Crippen MR) is 78.2 cm³/mol. The van der Waals surface area contributed by atoms with E-state index in [0.29, 0.717) is 6.42 Å². The maximum atomic E-state index is 11.0. The highest BCUT2D eigenvalue weighted by atomic mass is 16.6. The molecule has 0 radical (unpaired) electrons. The molecule has 2 atom stereocenters. The quantitative estimate of drug-likeness (QED) is 0.620. The summed E-state index contributed by atoms with van der Waals surface area (Å²) in [5.74, 6) is -0.924. The van der Waals surface area contributed by atoms with Gasteiger partial charge >= 0.3 is 5.97 Å². The molecule has 2 rings (SSSR count). The Morgan fingerprint density at radius 3 is 2.67 bits per heavy atom.